The largest absolute Gasteiger partial charge is 0.481 e. The number of carboxylic acid groups (broad SMARTS) is 1. The van der Waals surface area contributed by atoms with Gasteiger partial charge in [0, 0.05) is 31.9 Å². The van der Waals surface area contributed by atoms with E-state index in [2.05, 4.69) is 20.6 Å². The standard InChI is InChI=1S/C17H27N5O4/c1-5-12(14(23)18-4)20-16-19-10-11(17(2,3)15(24)25)13(21-16)22-6-8-26-9-7-22/h10,12H,5-9H2,1-4H3,(H,18,23)(H,24,25)(H,19,20,21)/t12-/m0/s1. The summed E-state index contributed by atoms with van der Waals surface area (Å²) in [5.41, 5.74) is -0.609. The molecule has 0 spiro atoms. The zero-order valence-electron chi connectivity index (χ0n) is 15.7. The highest BCUT2D eigenvalue weighted by molar-refractivity contribution is 5.84. The fourth-order valence-corrected chi connectivity index (χ4v) is 2.70. The van der Waals surface area contributed by atoms with Gasteiger partial charge in [-0.1, -0.05) is 6.92 Å². The zero-order valence-corrected chi connectivity index (χ0v) is 15.7. The first kappa shape index (κ1) is 19.9. The molecule has 1 aliphatic heterocycles. The van der Waals surface area contributed by atoms with Gasteiger partial charge in [0.2, 0.25) is 11.9 Å². The van der Waals surface area contributed by atoms with E-state index >= 15 is 0 Å². The summed E-state index contributed by atoms with van der Waals surface area (Å²) in [4.78, 5) is 34.5. The Labute approximate surface area is 153 Å². The molecule has 0 aliphatic carbocycles. The second kappa shape index (κ2) is 8.31. The fraction of sp³-hybridized carbons (Fsp3) is 0.647. The van der Waals surface area contributed by atoms with Crippen molar-refractivity contribution in [1.82, 2.24) is 15.3 Å². The Kier molecular flexibility index (Phi) is 6.36. The van der Waals surface area contributed by atoms with E-state index in [1.807, 2.05) is 11.8 Å². The third-order valence-corrected chi connectivity index (χ3v) is 4.56. The highest BCUT2D eigenvalue weighted by Gasteiger charge is 2.35. The molecule has 1 aromatic heterocycles. The summed E-state index contributed by atoms with van der Waals surface area (Å²) in [6.07, 6.45) is 2.10. The van der Waals surface area contributed by atoms with Crippen LogP contribution in [0.2, 0.25) is 0 Å². The van der Waals surface area contributed by atoms with Crippen LogP contribution in [0, 0.1) is 0 Å². The number of rotatable bonds is 7. The number of hydrogen-bond donors (Lipinski definition) is 3. The van der Waals surface area contributed by atoms with Gasteiger partial charge in [-0.25, -0.2) is 4.98 Å². The van der Waals surface area contributed by atoms with Crippen molar-refractivity contribution in [2.75, 3.05) is 43.6 Å². The van der Waals surface area contributed by atoms with Crippen molar-refractivity contribution in [3.05, 3.63) is 11.8 Å². The molecule has 9 nitrogen and oxygen atoms in total. The summed E-state index contributed by atoms with van der Waals surface area (Å²) >= 11 is 0. The number of likely N-dealkylation sites (N-methyl/N-ethyl adjacent to an activating group) is 1. The minimum absolute atomic E-state index is 0.154. The van der Waals surface area contributed by atoms with Crippen LogP contribution in [0.1, 0.15) is 32.8 Å². The van der Waals surface area contributed by atoms with E-state index in [1.165, 1.54) is 6.20 Å². The third-order valence-electron chi connectivity index (χ3n) is 4.56. The average molecular weight is 365 g/mol. The Balaban J connectivity index is 2.41. The van der Waals surface area contributed by atoms with Gasteiger partial charge in [0.25, 0.3) is 0 Å². The Morgan fingerprint density at radius 2 is 2.04 bits per heavy atom. The Hall–Kier alpha value is -2.42. The zero-order chi connectivity index (χ0) is 19.3. The van der Waals surface area contributed by atoms with E-state index < -0.39 is 17.4 Å². The summed E-state index contributed by atoms with van der Waals surface area (Å²) in [6, 6.07) is -0.462. The van der Waals surface area contributed by atoms with Crippen LogP contribution in [0.25, 0.3) is 0 Å². The number of nitrogens with one attached hydrogen (secondary N) is 2. The first-order valence-electron chi connectivity index (χ1n) is 8.73. The van der Waals surface area contributed by atoms with Gasteiger partial charge in [-0.3, -0.25) is 9.59 Å². The van der Waals surface area contributed by atoms with Crippen LogP contribution in [0.3, 0.4) is 0 Å². The minimum atomic E-state index is -1.14. The lowest BCUT2D eigenvalue weighted by atomic mass is 9.85. The molecule has 144 valence electrons. The van der Waals surface area contributed by atoms with Crippen molar-refractivity contribution in [2.24, 2.45) is 0 Å². The summed E-state index contributed by atoms with van der Waals surface area (Å²) in [6.45, 7) is 7.48. The monoisotopic (exact) mass is 365 g/mol. The van der Waals surface area contributed by atoms with Crippen LogP contribution >= 0.6 is 0 Å². The molecule has 1 amide bonds. The van der Waals surface area contributed by atoms with Crippen LogP contribution in [0.4, 0.5) is 11.8 Å². The van der Waals surface area contributed by atoms with Crippen molar-refractivity contribution in [1.29, 1.82) is 0 Å². The normalized spacial score (nSPS) is 16.1. The smallest absolute Gasteiger partial charge is 0.313 e. The van der Waals surface area contributed by atoms with Crippen molar-refractivity contribution in [2.45, 2.75) is 38.6 Å². The lowest BCUT2D eigenvalue weighted by molar-refractivity contribution is -0.142. The number of amides is 1. The molecular formula is C17H27N5O4. The van der Waals surface area contributed by atoms with Gasteiger partial charge in [0.05, 0.1) is 18.6 Å². The Bertz CT molecular complexity index is 659. The predicted molar refractivity (Wildman–Crippen MR) is 97.5 cm³/mol. The van der Waals surface area contributed by atoms with Gasteiger partial charge < -0.3 is 25.4 Å². The summed E-state index contributed by atoms with van der Waals surface area (Å²) < 4.78 is 5.38. The van der Waals surface area contributed by atoms with Crippen LogP contribution in [-0.4, -0.2) is 66.3 Å². The molecule has 3 N–H and O–H groups in total. The molecule has 0 unspecified atom stereocenters. The molecule has 2 rings (SSSR count). The topological polar surface area (TPSA) is 117 Å². The van der Waals surface area contributed by atoms with Crippen molar-refractivity contribution >= 4 is 23.6 Å². The van der Waals surface area contributed by atoms with Gasteiger partial charge in [-0.2, -0.15) is 4.98 Å². The number of carbonyl (C=O) groups is 2. The van der Waals surface area contributed by atoms with E-state index in [1.54, 1.807) is 20.9 Å². The quantitative estimate of drug-likeness (QED) is 0.644. The lowest BCUT2D eigenvalue weighted by Gasteiger charge is -2.32. The third kappa shape index (κ3) is 4.21. The van der Waals surface area contributed by atoms with Crippen LogP contribution in [-0.2, 0) is 19.7 Å². The number of carboxylic acids is 1. The fourth-order valence-electron chi connectivity index (χ4n) is 2.70. The number of aromatic nitrogens is 2. The molecule has 9 heteroatoms. The van der Waals surface area contributed by atoms with Crippen LogP contribution < -0.4 is 15.5 Å². The first-order valence-corrected chi connectivity index (χ1v) is 8.73. The Morgan fingerprint density at radius 1 is 1.38 bits per heavy atom. The van der Waals surface area contributed by atoms with Gasteiger partial charge in [0.1, 0.15) is 11.9 Å². The summed E-state index contributed by atoms with van der Waals surface area (Å²) in [5, 5.41) is 15.2. The molecule has 1 saturated heterocycles. The predicted octanol–water partition coefficient (Wildman–Crippen LogP) is 0.612. The number of ether oxygens (including phenoxy) is 1. The lowest BCUT2D eigenvalue weighted by Crippen LogP contribution is -2.41. The maximum Gasteiger partial charge on any atom is 0.313 e. The van der Waals surface area contributed by atoms with Gasteiger partial charge in [-0.15, -0.1) is 0 Å². The molecule has 2 heterocycles. The van der Waals surface area contributed by atoms with Crippen molar-refractivity contribution in [3.63, 3.8) is 0 Å². The SMILES string of the molecule is CC[C@H](Nc1ncc(C(C)(C)C(=O)O)c(N2CCOCC2)n1)C(=O)NC. The minimum Gasteiger partial charge on any atom is -0.481 e. The molecule has 0 saturated carbocycles. The highest BCUT2D eigenvalue weighted by atomic mass is 16.5. The second-order valence-electron chi connectivity index (χ2n) is 6.68. The first-order chi connectivity index (χ1) is 12.3. The number of anilines is 2. The number of nitrogens with zero attached hydrogens (tertiary/aromatic N) is 3. The van der Waals surface area contributed by atoms with E-state index in [4.69, 9.17) is 4.74 Å². The van der Waals surface area contributed by atoms with Gasteiger partial charge in [0.15, 0.2) is 0 Å². The number of morpholine rings is 1. The molecule has 0 bridgehead atoms. The van der Waals surface area contributed by atoms with E-state index in [0.29, 0.717) is 50.1 Å². The van der Waals surface area contributed by atoms with Crippen LogP contribution in [0.5, 0.6) is 0 Å². The highest BCUT2D eigenvalue weighted by Crippen LogP contribution is 2.32. The van der Waals surface area contributed by atoms with E-state index in [0.717, 1.165) is 0 Å². The van der Waals surface area contributed by atoms with Gasteiger partial charge >= 0.3 is 5.97 Å². The van der Waals surface area contributed by atoms with Crippen LogP contribution in [0.15, 0.2) is 6.20 Å². The summed E-state index contributed by atoms with van der Waals surface area (Å²) in [5.74, 6) is -0.246. The number of hydrogen-bond acceptors (Lipinski definition) is 7. The molecule has 1 aromatic rings. The van der Waals surface area contributed by atoms with E-state index in [-0.39, 0.29) is 5.91 Å². The molecule has 1 fully saturated rings. The van der Waals surface area contributed by atoms with E-state index in [9.17, 15) is 14.7 Å². The molecule has 1 atom stereocenters. The maximum absolute atomic E-state index is 11.9. The molecule has 0 radical (unpaired) electrons. The number of aliphatic carboxylic acids is 1. The van der Waals surface area contributed by atoms with Crippen molar-refractivity contribution < 1.29 is 19.4 Å². The summed E-state index contributed by atoms with van der Waals surface area (Å²) in [7, 11) is 1.57. The number of carbonyl (C=O) groups excluding carboxylic acids is 1. The molecule has 26 heavy (non-hydrogen) atoms. The van der Waals surface area contributed by atoms with Gasteiger partial charge in [-0.05, 0) is 20.3 Å². The molecule has 0 aromatic carbocycles. The molecular weight excluding hydrogens is 338 g/mol. The maximum atomic E-state index is 11.9. The molecule has 1 aliphatic rings. The Morgan fingerprint density at radius 3 is 2.58 bits per heavy atom. The second-order valence-corrected chi connectivity index (χ2v) is 6.68. The average Bonchev–Trinajstić information content (AvgIpc) is 2.65. The van der Waals surface area contributed by atoms with Crippen molar-refractivity contribution in [3.8, 4) is 0 Å².